The van der Waals surface area contributed by atoms with Gasteiger partial charge in [0, 0.05) is 13.1 Å². The number of hydrogen-bond acceptors (Lipinski definition) is 6. The number of hydrogen-bond donors (Lipinski definition) is 1. The van der Waals surface area contributed by atoms with Gasteiger partial charge in [-0.2, -0.15) is 5.10 Å². The number of carbonyl (C=O) groups excluding carboxylic acids is 2. The minimum atomic E-state index is -0.252. The molecule has 2 aromatic rings. The molecule has 154 valence electrons. The topological polar surface area (TPSA) is 80.2 Å². The molecule has 1 N–H and O–H groups in total. The predicted octanol–water partition coefficient (Wildman–Crippen LogP) is 3.30. The Labute approximate surface area is 174 Å². The van der Waals surface area contributed by atoms with Gasteiger partial charge in [0.05, 0.1) is 17.7 Å². The minimum absolute atomic E-state index is 0.00548. The van der Waals surface area contributed by atoms with E-state index in [1.807, 2.05) is 23.3 Å². The second-order valence-corrected chi connectivity index (χ2v) is 7.49. The molecule has 3 rings (SSSR count). The summed E-state index contributed by atoms with van der Waals surface area (Å²) in [7, 11) is 0. The van der Waals surface area contributed by atoms with Gasteiger partial charge in [-0.1, -0.05) is 6.07 Å². The summed E-state index contributed by atoms with van der Waals surface area (Å²) in [6.45, 7) is 3.93. The van der Waals surface area contributed by atoms with Gasteiger partial charge in [-0.3, -0.25) is 9.59 Å². The van der Waals surface area contributed by atoms with Gasteiger partial charge >= 0.3 is 0 Å². The first-order valence-corrected chi connectivity index (χ1v) is 10.6. The molecule has 1 aromatic carbocycles. The lowest BCUT2D eigenvalue weighted by Gasteiger charge is -2.26. The van der Waals surface area contributed by atoms with E-state index in [1.54, 1.807) is 24.3 Å². The zero-order valence-corrected chi connectivity index (χ0v) is 17.2. The molecule has 7 nitrogen and oxygen atoms in total. The maximum absolute atomic E-state index is 12.3. The summed E-state index contributed by atoms with van der Waals surface area (Å²) in [6, 6.07) is 8.86. The summed E-state index contributed by atoms with van der Waals surface area (Å²) >= 11 is 1.35. The van der Waals surface area contributed by atoms with E-state index in [9.17, 15) is 9.59 Å². The van der Waals surface area contributed by atoms with Crippen LogP contribution in [-0.2, 0) is 4.79 Å². The highest BCUT2D eigenvalue weighted by Gasteiger charge is 2.17. The van der Waals surface area contributed by atoms with Crippen LogP contribution >= 0.6 is 11.3 Å². The van der Waals surface area contributed by atoms with Crippen LogP contribution in [-0.4, -0.2) is 49.2 Å². The molecule has 1 saturated heterocycles. The Balaban J connectivity index is 1.59. The number of carbonyl (C=O) groups is 2. The first-order chi connectivity index (χ1) is 14.2. The van der Waals surface area contributed by atoms with Crippen molar-refractivity contribution in [3.05, 3.63) is 46.2 Å². The van der Waals surface area contributed by atoms with E-state index in [0.717, 1.165) is 31.5 Å². The van der Waals surface area contributed by atoms with E-state index < -0.39 is 0 Å². The highest BCUT2D eigenvalue weighted by Crippen LogP contribution is 2.28. The lowest BCUT2D eigenvalue weighted by molar-refractivity contribution is -0.134. The molecule has 2 heterocycles. The molecule has 1 aliphatic rings. The molecule has 1 fully saturated rings. The molecule has 0 atom stereocenters. The number of thiophene rings is 1. The van der Waals surface area contributed by atoms with E-state index >= 15 is 0 Å². The highest BCUT2D eigenvalue weighted by molar-refractivity contribution is 7.12. The first kappa shape index (κ1) is 20.9. The summed E-state index contributed by atoms with van der Waals surface area (Å²) in [5.74, 6) is 0.788. The van der Waals surface area contributed by atoms with Crippen molar-refractivity contribution in [1.82, 2.24) is 10.3 Å². The average molecular weight is 416 g/mol. The number of hydrazone groups is 1. The number of piperidine rings is 1. The minimum Gasteiger partial charge on any atom is -0.490 e. The summed E-state index contributed by atoms with van der Waals surface area (Å²) < 4.78 is 11.4. The van der Waals surface area contributed by atoms with Gasteiger partial charge < -0.3 is 14.4 Å². The molecule has 29 heavy (non-hydrogen) atoms. The first-order valence-electron chi connectivity index (χ1n) is 9.71. The van der Waals surface area contributed by atoms with Gasteiger partial charge in [-0.25, -0.2) is 5.43 Å². The molecule has 1 aromatic heterocycles. The number of nitrogens with one attached hydrogen (secondary N) is 1. The Morgan fingerprint density at radius 1 is 1.17 bits per heavy atom. The van der Waals surface area contributed by atoms with Crippen molar-refractivity contribution in [2.24, 2.45) is 5.10 Å². The average Bonchev–Trinajstić information content (AvgIpc) is 3.29. The van der Waals surface area contributed by atoms with Crippen LogP contribution in [0.15, 0.2) is 40.8 Å². The Kier molecular flexibility index (Phi) is 7.63. The number of amides is 2. The highest BCUT2D eigenvalue weighted by atomic mass is 32.1. The lowest BCUT2D eigenvalue weighted by atomic mass is 10.1. The van der Waals surface area contributed by atoms with Crippen molar-refractivity contribution < 1.29 is 19.1 Å². The Morgan fingerprint density at radius 2 is 2.00 bits per heavy atom. The second kappa shape index (κ2) is 10.6. The molecule has 0 saturated carbocycles. The summed E-state index contributed by atoms with van der Waals surface area (Å²) in [5, 5.41) is 5.82. The Morgan fingerprint density at radius 3 is 2.72 bits per heavy atom. The van der Waals surface area contributed by atoms with Crippen LogP contribution in [0.4, 0.5) is 0 Å². The molecule has 0 spiro atoms. The van der Waals surface area contributed by atoms with Crippen LogP contribution in [0.25, 0.3) is 0 Å². The van der Waals surface area contributed by atoms with E-state index in [2.05, 4.69) is 10.5 Å². The summed E-state index contributed by atoms with van der Waals surface area (Å²) in [6.07, 6.45) is 4.81. The largest absolute Gasteiger partial charge is 0.490 e. The molecule has 0 bridgehead atoms. The van der Waals surface area contributed by atoms with Crippen LogP contribution in [0.3, 0.4) is 0 Å². The Bertz CT molecular complexity index is 846. The van der Waals surface area contributed by atoms with Crippen molar-refractivity contribution >= 4 is 29.4 Å². The van der Waals surface area contributed by atoms with Crippen LogP contribution in [0.1, 0.15) is 41.4 Å². The maximum Gasteiger partial charge on any atom is 0.281 e. The fourth-order valence-corrected chi connectivity index (χ4v) is 3.61. The molecule has 0 aliphatic carbocycles. The molecule has 0 radical (unpaired) electrons. The molecular weight excluding hydrogens is 390 g/mol. The van der Waals surface area contributed by atoms with E-state index in [0.29, 0.717) is 23.0 Å². The molecule has 0 unspecified atom stereocenters. The third-order valence-corrected chi connectivity index (χ3v) is 5.32. The van der Waals surface area contributed by atoms with E-state index in [1.165, 1.54) is 24.0 Å². The molecule has 8 heteroatoms. The van der Waals surface area contributed by atoms with Crippen molar-refractivity contribution in [3.8, 4) is 11.5 Å². The third kappa shape index (κ3) is 6.05. The standard InChI is InChI=1S/C21H25N3O4S/c1-2-27-18-13-16(14-22-23-21(26)19-7-6-12-29-19)8-9-17(18)28-15-20(25)24-10-4-3-5-11-24/h6-9,12-14H,2-5,10-11,15H2,1H3,(H,23,26)/b22-14-. The maximum atomic E-state index is 12.3. The lowest BCUT2D eigenvalue weighted by Crippen LogP contribution is -2.38. The van der Waals surface area contributed by atoms with Crippen LogP contribution < -0.4 is 14.9 Å². The normalized spacial score (nSPS) is 14.0. The van der Waals surface area contributed by atoms with Crippen molar-refractivity contribution in [3.63, 3.8) is 0 Å². The molecule has 1 aliphatic heterocycles. The van der Waals surface area contributed by atoms with E-state index in [4.69, 9.17) is 9.47 Å². The van der Waals surface area contributed by atoms with Crippen LogP contribution in [0.2, 0.25) is 0 Å². The number of rotatable bonds is 8. The van der Waals surface area contributed by atoms with Gasteiger partial charge in [-0.05, 0) is 61.4 Å². The van der Waals surface area contributed by atoms with Gasteiger partial charge in [-0.15, -0.1) is 11.3 Å². The number of likely N-dealkylation sites (tertiary alicyclic amines) is 1. The van der Waals surface area contributed by atoms with E-state index in [-0.39, 0.29) is 18.4 Å². The zero-order chi connectivity index (χ0) is 20.5. The second-order valence-electron chi connectivity index (χ2n) is 6.55. The SMILES string of the molecule is CCOc1cc(/C=N\NC(=O)c2cccs2)ccc1OCC(=O)N1CCCCC1. The fraction of sp³-hybridized carbons (Fsp3) is 0.381. The number of benzene rings is 1. The Hall–Kier alpha value is -2.87. The third-order valence-electron chi connectivity index (χ3n) is 4.45. The van der Waals surface area contributed by atoms with Crippen LogP contribution in [0.5, 0.6) is 11.5 Å². The van der Waals surface area contributed by atoms with Gasteiger partial charge in [0.15, 0.2) is 18.1 Å². The van der Waals surface area contributed by atoms with Crippen molar-refractivity contribution in [2.45, 2.75) is 26.2 Å². The quantitative estimate of drug-likeness (QED) is 0.530. The van der Waals surface area contributed by atoms with Crippen molar-refractivity contribution in [2.75, 3.05) is 26.3 Å². The monoisotopic (exact) mass is 415 g/mol. The van der Waals surface area contributed by atoms with Gasteiger partial charge in [0.25, 0.3) is 11.8 Å². The molecule has 2 amide bonds. The van der Waals surface area contributed by atoms with Crippen LogP contribution in [0, 0.1) is 0 Å². The van der Waals surface area contributed by atoms with Gasteiger partial charge in [0.1, 0.15) is 0 Å². The fourth-order valence-electron chi connectivity index (χ4n) is 2.99. The van der Waals surface area contributed by atoms with Crippen molar-refractivity contribution in [1.29, 1.82) is 0 Å². The smallest absolute Gasteiger partial charge is 0.281 e. The number of nitrogens with zero attached hydrogens (tertiary/aromatic N) is 2. The zero-order valence-electron chi connectivity index (χ0n) is 16.4. The molecular formula is C21H25N3O4S. The summed E-state index contributed by atoms with van der Waals surface area (Å²) in [5.41, 5.74) is 3.24. The number of ether oxygens (including phenoxy) is 2. The summed E-state index contributed by atoms with van der Waals surface area (Å²) in [4.78, 5) is 26.7. The van der Waals surface area contributed by atoms with Gasteiger partial charge in [0.2, 0.25) is 0 Å². The predicted molar refractivity (Wildman–Crippen MR) is 113 cm³/mol.